The van der Waals surface area contributed by atoms with Gasteiger partial charge in [0.15, 0.2) is 0 Å². The van der Waals surface area contributed by atoms with E-state index in [1.165, 1.54) is 11.6 Å². The van der Waals surface area contributed by atoms with Gasteiger partial charge in [0.05, 0.1) is 18.8 Å². The predicted octanol–water partition coefficient (Wildman–Crippen LogP) is 3.56. The van der Waals surface area contributed by atoms with Gasteiger partial charge in [-0.1, -0.05) is 67.1 Å². The van der Waals surface area contributed by atoms with Gasteiger partial charge in [-0.2, -0.15) is 5.10 Å². The molecule has 1 heterocycles. The molecule has 160 valence electrons. The third-order valence-electron chi connectivity index (χ3n) is 4.71. The fourth-order valence-electron chi connectivity index (χ4n) is 3.06. The van der Waals surface area contributed by atoms with Crippen LogP contribution in [0.2, 0.25) is 0 Å². The van der Waals surface area contributed by atoms with Gasteiger partial charge in [0.1, 0.15) is 0 Å². The predicted molar refractivity (Wildman–Crippen MR) is 123 cm³/mol. The van der Waals surface area contributed by atoms with Gasteiger partial charge in [0, 0.05) is 29.9 Å². The first-order valence-electron chi connectivity index (χ1n) is 10.5. The SMILES string of the molecule is CCCNC(=O)CNC(=O)/C=C/c1cn(Cc2ccccc2)nc1-c1ccc(C)cc1. The summed E-state index contributed by atoms with van der Waals surface area (Å²) in [6.45, 7) is 5.22. The average molecular weight is 417 g/mol. The van der Waals surface area contributed by atoms with Gasteiger partial charge >= 0.3 is 0 Å². The van der Waals surface area contributed by atoms with Crippen molar-refractivity contribution in [1.29, 1.82) is 0 Å². The lowest BCUT2D eigenvalue weighted by Crippen LogP contribution is -2.36. The Bertz CT molecular complexity index is 1040. The quantitative estimate of drug-likeness (QED) is 0.524. The molecular weight excluding hydrogens is 388 g/mol. The first-order chi connectivity index (χ1) is 15.0. The number of hydrogen-bond donors (Lipinski definition) is 2. The third kappa shape index (κ3) is 6.67. The largest absolute Gasteiger partial charge is 0.355 e. The number of carbonyl (C=O) groups is 2. The van der Waals surface area contributed by atoms with Gasteiger partial charge < -0.3 is 10.6 Å². The molecule has 6 nitrogen and oxygen atoms in total. The Hall–Kier alpha value is -3.67. The lowest BCUT2D eigenvalue weighted by atomic mass is 10.1. The lowest BCUT2D eigenvalue weighted by molar-refractivity contribution is -0.123. The second-order valence-electron chi connectivity index (χ2n) is 7.38. The molecule has 2 aromatic carbocycles. The minimum absolute atomic E-state index is 0.0404. The topological polar surface area (TPSA) is 76.0 Å². The molecule has 3 rings (SSSR count). The molecule has 0 spiro atoms. The summed E-state index contributed by atoms with van der Waals surface area (Å²) < 4.78 is 1.88. The lowest BCUT2D eigenvalue weighted by Gasteiger charge is -2.03. The summed E-state index contributed by atoms with van der Waals surface area (Å²) in [6, 6.07) is 18.2. The maximum Gasteiger partial charge on any atom is 0.244 e. The van der Waals surface area contributed by atoms with Crippen molar-refractivity contribution in [3.05, 3.63) is 83.6 Å². The summed E-state index contributed by atoms with van der Waals surface area (Å²) in [5.41, 5.74) is 4.94. The standard InChI is InChI=1S/C25H28N4O2/c1-3-15-26-24(31)16-27-23(30)14-13-22-18-29(17-20-7-5-4-6-8-20)28-25(22)21-11-9-19(2)10-12-21/h4-14,18H,3,15-17H2,1-2H3,(H,26,31)(H,27,30)/b14-13+. The molecule has 0 aliphatic rings. The Morgan fingerprint density at radius 3 is 2.48 bits per heavy atom. The number of amides is 2. The average Bonchev–Trinajstić information content (AvgIpc) is 3.18. The molecule has 2 amide bonds. The summed E-state index contributed by atoms with van der Waals surface area (Å²) in [7, 11) is 0. The van der Waals surface area contributed by atoms with E-state index < -0.39 is 0 Å². The Morgan fingerprint density at radius 2 is 1.77 bits per heavy atom. The van der Waals surface area contributed by atoms with Crippen LogP contribution in [0.5, 0.6) is 0 Å². The second-order valence-corrected chi connectivity index (χ2v) is 7.38. The minimum atomic E-state index is -0.322. The van der Waals surface area contributed by atoms with Crippen molar-refractivity contribution in [3.8, 4) is 11.3 Å². The van der Waals surface area contributed by atoms with E-state index in [4.69, 9.17) is 5.10 Å². The highest BCUT2D eigenvalue weighted by Gasteiger charge is 2.10. The van der Waals surface area contributed by atoms with Crippen LogP contribution in [-0.2, 0) is 16.1 Å². The molecule has 1 aromatic heterocycles. The molecule has 0 bridgehead atoms. The number of hydrogen-bond acceptors (Lipinski definition) is 3. The van der Waals surface area contributed by atoms with Crippen molar-refractivity contribution in [2.24, 2.45) is 0 Å². The highest BCUT2D eigenvalue weighted by atomic mass is 16.2. The van der Waals surface area contributed by atoms with Gasteiger partial charge in [-0.15, -0.1) is 0 Å². The summed E-state index contributed by atoms with van der Waals surface area (Å²) in [4.78, 5) is 23.8. The minimum Gasteiger partial charge on any atom is -0.355 e. The van der Waals surface area contributed by atoms with Gasteiger partial charge in [-0.05, 0) is 25.0 Å². The molecule has 0 unspecified atom stereocenters. The van der Waals surface area contributed by atoms with E-state index in [1.807, 2.05) is 67.2 Å². The maximum absolute atomic E-state index is 12.2. The van der Waals surface area contributed by atoms with Crippen LogP contribution in [0.1, 0.15) is 30.0 Å². The number of nitrogens with one attached hydrogen (secondary N) is 2. The van der Waals surface area contributed by atoms with Crippen LogP contribution >= 0.6 is 0 Å². The molecule has 0 radical (unpaired) electrons. The number of carbonyl (C=O) groups excluding carboxylic acids is 2. The van der Waals surface area contributed by atoms with Crippen molar-refractivity contribution in [3.63, 3.8) is 0 Å². The fourth-order valence-corrected chi connectivity index (χ4v) is 3.06. The highest BCUT2D eigenvalue weighted by molar-refractivity contribution is 5.95. The Kier molecular flexibility index (Phi) is 7.76. The summed E-state index contributed by atoms with van der Waals surface area (Å²) in [5.74, 6) is -0.517. The van der Waals surface area contributed by atoms with E-state index in [1.54, 1.807) is 6.08 Å². The van der Waals surface area contributed by atoms with Crippen LogP contribution in [0.4, 0.5) is 0 Å². The molecule has 0 fully saturated rings. The zero-order valence-electron chi connectivity index (χ0n) is 18.0. The fraction of sp³-hybridized carbons (Fsp3) is 0.240. The molecule has 31 heavy (non-hydrogen) atoms. The molecule has 0 aliphatic heterocycles. The van der Waals surface area contributed by atoms with Crippen LogP contribution < -0.4 is 10.6 Å². The van der Waals surface area contributed by atoms with E-state index in [2.05, 4.69) is 22.8 Å². The number of aromatic nitrogens is 2. The Balaban J connectivity index is 1.77. The molecule has 0 saturated heterocycles. The van der Waals surface area contributed by atoms with Crippen molar-refractivity contribution >= 4 is 17.9 Å². The van der Waals surface area contributed by atoms with Crippen LogP contribution in [0, 0.1) is 6.92 Å². The summed E-state index contributed by atoms with van der Waals surface area (Å²) in [5, 5.41) is 10.1. The monoisotopic (exact) mass is 416 g/mol. The number of aryl methyl sites for hydroxylation is 1. The molecule has 0 atom stereocenters. The van der Waals surface area contributed by atoms with Gasteiger partial charge in [-0.25, -0.2) is 0 Å². The second kappa shape index (κ2) is 10.9. The van der Waals surface area contributed by atoms with E-state index in [-0.39, 0.29) is 18.4 Å². The molecular formula is C25H28N4O2. The Labute approximate surface area is 183 Å². The Morgan fingerprint density at radius 1 is 1.03 bits per heavy atom. The molecule has 3 aromatic rings. The van der Waals surface area contributed by atoms with E-state index in [0.29, 0.717) is 13.1 Å². The van der Waals surface area contributed by atoms with E-state index >= 15 is 0 Å². The highest BCUT2D eigenvalue weighted by Crippen LogP contribution is 2.24. The van der Waals surface area contributed by atoms with Crippen LogP contribution in [0.15, 0.2) is 66.9 Å². The van der Waals surface area contributed by atoms with E-state index in [9.17, 15) is 9.59 Å². The zero-order valence-corrected chi connectivity index (χ0v) is 18.0. The first kappa shape index (κ1) is 22.0. The van der Waals surface area contributed by atoms with E-state index in [0.717, 1.165) is 28.8 Å². The number of rotatable bonds is 9. The molecule has 2 N–H and O–H groups in total. The zero-order chi connectivity index (χ0) is 22.1. The molecule has 0 aliphatic carbocycles. The number of benzene rings is 2. The van der Waals surface area contributed by atoms with Gasteiger partial charge in [0.2, 0.25) is 11.8 Å². The number of nitrogens with zero attached hydrogens (tertiary/aromatic N) is 2. The molecule has 0 saturated carbocycles. The van der Waals surface area contributed by atoms with Crippen LogP contribution in [-0.4, -0.2) is 34.7 Å². The smallest absolute Gasteiger partial charge is 0.244 e. The normalized spacial score (nSPS) is 10.9. The first-order valence-corrected chi connectivity index (χ1v) is 10.5. The third-order valence-corrected chi connectivity index (χ3v) is 4.71. The van der Waals surface area contributed by atoms with Crippen molar-refractivity contribution < 1.29 is 9.59 Å². The van der Waals surface area contributed by atoms with Crippen LogP contribution in [0.3, 0.4) is 0 Å². The van der Waals surface area contributed by atoms with Crippen molar-refractivity contribution in [2.75, 3.05) is 13.1 Å². The van der Waals surface area contributed by atoms with Gasteiger partial charge in [0.25, 0.3) is 0 Å². The van der Waals surface area contributed by atoms with Crippen molar-refractivity contribution in [2.45, 2.75) is 26.8 Å². The summed E-state index contributed by atoms with van der Waals surface area (Å²) >= 11 is 0. The molecule has 6 heteroatoms. The summed E-state index contributed by atoms with van der Waals surface area (Å²) in [6.07, 6.45) is 5.96. The van der Waals surface area contributed by atoms with Gasteiger partial charge in [-0.3, -0.25) is 14.3 Å². The van der Waals surface area contributed by atoms with Crippen molar-refractivity contribution in [1.82, 2.24) is 20.4 Å². The van der Waals surface area contributed by atoms with Crippen LogP contribution in [0.25, 0.3) is 17.3 Å². The maximum atomic E-state index is 12.2.